The maximum atomic E-state index is 13.3. The van der Waals surface area contributed by atoms with E-state index >= 15 is 0 Å². The van der Waals surface area contributed by atoms with Gasteiger partial charge in [0.2, 0.25) is 0 Å². The molecule has 0 radical (unpaired) electrons. The zero-order valence-electron chi connectivity index (χ0n) is 77.3. The molecule has 138 heavy (non-hydrogen) atoms. The molecule has 5 aliphatic heterocycles. The Morgan fingerprint density at radius 2 is 0.587 bits per heavy atom. The van der Waals surface area contributed by atoms with E-state index in [1.807, 2.05) is 30.9 Å². The van der Waals surface area contributed by atoms with Gasteiger partial charge >= 0.3 is 87.9 Å². The fourth-order valence-corrected chi connectivity index (χ4v) is 19.2. The molecule has 0 saturated carbocycles. The molecule has 5 heterocycles. The van der Waals surface area contributed by atoms with Gasteiger partial charge in [0.1, 0.15) is 0 Å². The van der Waals surface area contributed by atoms with Crippen LogP contribution in [0, 0.1) is 27.1 Å². The topological polar surface area (TPSA) is 216 Å². The Morgan fingerprint density at radius 3 is 0.797 bits per heavy atom. The zero-order valence-corrected chi connectivity index (χ0v) is 100. The summed E-state index contributed by atoms with van der Waals surface area (Å²) in [6.07, 6.45) is 11.6. The number of nitrogens with one attached hydrogen (secondary N) is 1. The number of carbonyl (C=O) groups excluding carboxylic acids is 9. The number of carbonyl (C=O) groups is 9. The van der Waals surface area contributed by atoms with Crippen molar-refractivity contribution in [3.05, 3.63) is 241 Å². The van der Waals surface area contributed by atoms with Crippen molar-refractivity contribution in [1.29, 1.82) is 0 Å². The van der Waals surface area contributed by atoms with Crippen molar-refractivity contribution in [1.82, 2.24) is 24.9 Å². The first-order valence-electron chi connectivity index (χ1n) is 43.8. The maximum absolute atomic E-state index is 13.3. The van der Waals surface area contributed by atoms with E-state index < -0.39 is 56.1 Å². The number of amides is 2. The molecule has 0 bridgehead atoms. The number of benzene rings is 7. The molecule has 5 saturated heterocycles. The molecule has 0 aliphatic carbocycles. The van der Waals surface area contributed by atoms with Crippen LogP contribution in [0.4, 0.5) is 19.2 Å². The van der Waals surface area contributed by atoms with Crippen molar-refractivity contribution >= 4 is 333 Å². The molecule has 7 aromatic carbocycles. The molecule has 5 aliphatic rings. The van der Waals surface area contributed by atoms with E-state index in [4.69, 9.17) is 195 Å². The third kappa shape index (κ3) is 43.7. The first-order chi connectivity index (χ1) is 64.2. The molecular weight excluding hydrogens is 2620 g/mol. The van der Waals surface area contributed by atoms with Crippen molar-refractivity contribution in [2.24, 2.45) is 27.1 Å². The van der Waals surface area contributed by atoms with Crippen LogP contribution < -0.4 is 5.32 Å². The summed E-state index contributed by atoms with van der Waals surface area (Å²) in [6.45, 7) is 25.1. The molecule has 7 unspecified atom stereocenters. The van der Waals surface area contributed by atoms with E-state index in [9.17, 15) is 43.2 Å². The third-order valence-electron chi connectivity index (χ3n) is 22.8. The predicted molar refractivity (Wildman–Crippen MR) is 608 cm³/mol. The molecule has 1 N–H and O–H groups in total. The Kier molecular flexibility index (Phi) is 65.1. The molecule has 9 atom stereocenters. The number of hydrogen-bond acceptors (Lipinski definition) is 16. The molecule has 766 valence electrons. The van der Waals surface area contributed by atoms with E-state index in [1.165, 1.54) is 25.0 Å². The minimum absolute atomic E-state index is 0. The van der Waals surface area contributed by atoms with Crippen LogP contribution >= 0.6 is 281 Å². The van der Waals surface area contributed by atoms with Crippen LogP contribution in [0.2, 0.25) is 50.2 Å². The van der Waals surface area contributed by atoms with Crippen LogP contribution in [0.5, 0.6) is 0 Å². The van der Waals surface area contributed by atoms with Crippen LogP contribution in [-0.4, -0.2) is 164 Å². The van der Waals surface area contributed by atoms with Gasteiger partial charge in [-0.15, -0.1) is 12.4 Å². The summed E-state index contributed by atoms with van der Waals surface area (Å²) in [4.78, 5) is 119. The van der Waals surface area contributed by atoms with Gasteiger partial charge in [0.15, 0.2) is 51.2 Å². The van der Waals surface area contributed by atoms with Gasteiger partial charge in [0, 0.05) is 126 Å². The number of ketones is 5. The Bertz CT molecular complexity index is 4750. The van der Waals surface area contributed by atoms with E-state index in [0.717, 1.165) is 123 Å². The first kappa shape index (κ1) is 133. The summed E-state index contributed by atoms with van der Waals surface area (Å²) in [5.41, 5.74) is -0.954. The van der Waals surface area contributed by atoms with Gasteiger partial charge in [0.05, 0.1) is 61.1 Å². The number of hydrogen-bond donors (Lipinski definition) is 1. The second-order valence-electron chi connectivity index (χ2n) is 32.9. The van der Waals surface area contributed by atoms with Crippen molar-refractivity contribution in [2.45, 2.75) is 201 Å². The second-order valence-corrected chi connectivity index (χ2v) is 75.5. The molecular formula is C98H119Cl17I4N5O13V. The molecule has 18 nitrogen and oxygen atoms in total. The number of nitrogens with zero attached hydrogens (tertiary/aromatic N) is 4. The SMILES string of the molecule is C.CC(Cl)OC(=O)Cl.CC(Cl)OC(=O)Cl.CCCC1(C(=O)c2ccc(Cl)c(Cl)c2)CCN(C(=O)OC(C)Cl)C1.CCCC1(C(=O)c2ccc(Cl)c(Cl)c2)CCN(Cc2ccccc2)C1.CCCC1(C(=O)c2ccc(Cl)c(Cl)c2)CCNC1.CCC[C@]1(C(=O)c2ccc(Cl)c(Cl)c2)CCN(C(=O)OC(C)Cl)C1.CCC[C@]1(C(=O)c2ccc(Cl)c(Cl)c2)CCN(Cc2ccccc2)C1.CI.Cl.[I][V]([I])[I]. The fourth-order valence-electron chi connectivity index (χ4n) is 17.0. The number of rotatable bonds is 28. The van der Waals surface area contributed by atoms with Crippen LogP contribution in [0.15, 0.2) is 152 Å². The molecule has 5 fully saturated rings. The van der Waals surface area contributed by atoms with Crippen LogP contribution in [0.25, 0.3) is 0 Å². The minimum atomic E-state index is -0.873. The van der Waals surface area contributed by atoms with E-state index in [2.05, 4.69) is 176 Å². The van der Waals surface area contributed by atoms with Gasteiger partial charge in [-0.05, 0) is 219 Å². The summed E-state index contributed by atoms with van der Waals surface area (Å²) >= 11 is 101. The third-order valence-corrected chi connectivity index (χ3v) is 27.1. The van der Waals surface area contributed by atoms with Gasteiger partial charge in [-0.2, -0.15) is 0 Å². The standard InChI is InChI=1S/2C21H23Cl2NO.2C17H20Cl3NO3.C14H17Cl2NO.2C3H4Cl2O2.CH3I.CH4.ClH.3HI.V/c2*1-2-10-21(20(25)17-8-9-18(22)19(23)13-17)11-12-24(15-21)14-16-6-4-3-5-7-16;2*1-3-6-17(7-8-21(10-17)16(23)24-11(2)18)15(22)12-4-5-13(19)14(20)9-12;1-2-5-14(6-7-17-9-14)13(18)10-3-4-11(15)12(16)8-10;2*1-2(4)7-3(5)6;1-2;;;;;;/h2*3-9,13H,2,10-12,14-15H2,1H3;2*4-5,9,11H,3,6-8,10H2,1-2H3;3-4,8,17H,2,5-7,9H2,1H3;2*2H,1H3;1H3;1H4;4*1H;/q;;;;;;;;;;;;;+3/p-3/t21-;;11?,17-;;;;;;;;;;;/m0.0.........../s1. The van der Waals surface area contributed by atoms with Gasteiger partial charge in [0.25, 0.3) is 0 Å². The Morgan fingerprint density at radius 1 is 0.355 bits per heavy atom. The molecule has 12 rings (SSSR count). The zero-order chi connectivity index (χ0) is 102. The van der Waals surface area contributed by atoms with Crippen LogP contribution in [-0.2, 0) is 37.0 Å². The first-order valence-corrected chi connectivity index (χ1v) is 65.8. The average molecular weight is 2740 g/mol. The molecule has 7 aromatic rings. The molecule has 2 amide bonds. The normalized spacial score (nSPS) is 19.7. The van der Waals surface area contributed by atoms with Gasteiger partial charge < -0.3 is 34.1 Å². The van der Waals surface area contributed by atoms with Crippen LogP contribution in [0.1, 0.15) is 229 Å². The summed E-state index contributed by atoms with van der Waals surface area (Å²) in [5.74, 6) is 0.550. The van der Waals surface area contributed by atoms with Crippen molar-refractivity contribution in [3.63, 3.8) is 0 Å². The Balaban J connectivity index is 0.000000554. The second kappa shape index (κ2) is 67.7. The van der Waals surface area contributed by atoms with Crippen molar-refractivity contribution < 1.29 is 67.0 Å². The molecule has 0 aromatic heterocycles. The molecule has 40 heteroatoms. The monoisotopic (exact) mass is 2730 g/mol. The average Bonchev–Trinajstić information content (AvgIpc) is 1.67. The van der Waals surface area contributed by atoms with Crippen LogP contribution in [0.3, 0.4) is 0 Å². The summed E-state index contributed by atoms with van der Waals surface area (Å²) < 4.78 is 18.3. The van der Waals surface area contributed by atoms with E-state index in [1.54, 1.807) is 115 Å². The van der Waals surface area contributed by atoms with Crippen molar-refractivity contribution in [3.8, 4) is 0 Å². The predicted octanol–water partition coefficient (Wildman–Crippen LogP) is 35.1. The fraction of sp³-hybridized carbons (Fsp3) is 0.480. The quantitative estimate of drug-likeness (QED) is 0.0159. The number of halogens is 21. The molecule has 0 spiro atoms. The summed E-state index contributed by atoms with van der Waals surface area (Å²) in [7, 11) is 0. The van der Waals surface area contributed by atoms with Crippen molar-refractivity contribution in [2.75, 3.05) is 70.4 Å². The van der Waals surface area contributed by atoms with Gasteiger partial charge in [-0.25, -0.2) is 19.2 Å². The van der Waals surface area contributed by atoms with E-state index in [-0.39, 0.29) is 69.9 Å². The number of ether oxygens (including phenoxy) is 4. The Hall–Kier alpha value is -1.32. The van der Waals surface area contributed by atoms with E-state index in [0.29, 0.717) is 130 Å². The van der Waals surface area contributed by atoms with Gasteiger partial charge in [-0.1, -0.05) is 320 Å². The van der Waals surface area contributed by atoms with Gasteiger partial charge in [-0.3, -0.25) is 33.8 Å². The number of alkyl halides is 5. The number of likely N-dealkylation sites (tertiary alicyclic amines) is 4. The number of Topliss-reactive ketones (excluding diaryl/α,β-unsaturated/α-hetero) is 5. The Labute approximate surface area is 952 Å². The summed E-state index contributed by atoms with van der Waals surface area (Å²) in [5, 5.41) is 7.59. The summed E-state index contributed by atoms with van der Waals surface area (Å²) in [6, 6.07) is 46.2.